The van der Waals surface area contributed by atoms with E-state index in [0.29, 0.717) is 4.47 Å². The molecule has 0 aromatic heterocycles. The number of ether oxygens (including phenoxy) is 2. The number of benzene rings is 1. The number of amides is 1. The molecular formula is C10H12BrN3O5. The Kier molecular flexibility index (Phi) is 5.67. The highest BCUT2D eigenvalue weighted by Gasteiger charge is 2.20. The minimum atomic E-state index is -0.996. The van der Waals surface area contributed by atoms with Gasteiger partial charge in [0, 0.05) is 17.6 Å². The van der Waals surface area contributed by atoms with E-state index in [2.05, 4.69) is 15.9 Å². The van der Waals surface area contributed by atoms with Crippen LogP contribution in [0.15, 0.2) is 22.7 Å². The lowest BCUT2D eigenvalue weighted by atomic mass is 10.3. The number of halogens is 1. The van der Waals surface area contributed by atoms with Crippen molar-refractivity contribution in [2.75, 3.05) is 13.7 Å². The van der Waals surface area contributed by atoms with Crippen molar-refractivity contribution in [3.8, 4) is 5.75 Å². The van der Waals surface area contributed by atoms with Crippen LogP contribution in [0.3, 0.4) is 0 Å². The summed E-state index contributed by atoms with van der Waals surface area (Å²) in [5.41, 5.74) is 1.77. The summed E-state index contributed by atoms with van der Waals surface area (Å²) in [7, 11) is 1.39. The third-order valence-electron chi connectivity index (χ3n) is 2.10. The van der Waals surface area contributed by atoms with E-state index in [1.54, 1.807) is 0 Å². The summed E-state index contributed by atoms with van der Waals surface area (Å²) in [4.78, 5) is 21.6. The molecular weight excluding hydrogens is 322 g/mol. The first-order valence-electron chi connectivity index (χ1n) is 5.09. The Morgan fingerprint density at radius 2 is 2.26 bits per heavy atom. The van der Waals surface area contributed by atoms with Gasteiger partial charge in [-0.3, -0.25) is 20.3 Å². The number of non-ortho nitro benzene ring substituents is 1. The van der Waals surface area contributed by atoms with E-state index >= 15 is 0 Å². The van der Waals surface area contributed by atoms with Crippen molar-refractivity contribution in [1.82, 2.24) is 5.43 Å². The van der Waals surface area contributed by atoms with Crippen molar-refractivity contribution in [3.63, 3.8) is 0 Å². The highest BCUT2D eigenvalue weighted by molar-refractivity contribution is 9.10. The summed E-state index contributed by atoms with van der Waals surface area (Å²) >= 11 is 3.12. The number of nitrogens with one attached hydrogen (secondary N) is 1. The number of methoxy groups -OCH3 is 1. The highest BCUT2D eigenvalue weighted by Crippen LogP contribution is 2.26. The fourth-order valence-corrected chi connectivity index (χ4v) is 1.75. The van der Waals surface area contributed by atoms with Gasteiger partial charge in [0.1, 0.15) is 5.75 Å². The van der Waals surface area contributed by atoms with Crippen LogP contribution in [-0.2, 0) is 9.53 Å². The second-order valence-electron chi connectivity index (χ2n) is 3.47. The lowest BCUT2D eigenvalue weighted by Crippen LogP contribution is -2.44. The molecule has 1 atom stereocenters. The number of rotatable bonds is 6. The molecule has 19 heavy (non-hydrogen) atoms. The van der Waals surface area contributed by atoms with Gasteiger partial charge in [-0.25, -0.2) is 5.84 Å². The third kappa shape index (κ3) is 4.47. The molecule has 0 spiro atoms. The number of hydrogen-bond donors (Lipinski definition) is 2. The second kappa shape index (κ2) is 7.02. The predicted molar refractivity (Wildman–Crippen MR) is 69.4 cm³/mol. The van der Waals surface area contributed by atoms with Gasteiger partial charge in [-0.1, -0.05) is 15.9 Å². The molecule has 9 heteroatoms. The van der Waals surface area contributed by atoms with Crippen LogP contribution in [0.2, 0.25) is 0 Å². The van der Waals surface area contributed by atoms with Crippen molar-refractivity contribution < 1.29 is 19.2 Å². The number of nitro groups is 1. The van der Waals surface area contributed by atoms with E-state index in [4.69, 9.17) is 15.3 Å². The largest absolute Gasteiger partial charge is 0.478 e. The molecule has 0 saturated carbocycles. The van der Waals surface area contributed by atoms with Crippen molar-refractivity contribution in [2.45, 2.75) is 6.10 Å². The molecule has 0 aliphatic carbocycles. The minimum absolute atomic E-state index is 0.0383. The van der Waals surface area contributed by atoms with Crippen molar-refractivity contribution in [2.24, 2.45) is 5.84 Å². The topological polar surface area (TPSA) is 117 Å². The van der Waals surface area contributed by atoms with Crippen LogP contribution in [0.4, 0.5) is 5.69 Å². The van der Waals surface area contributed by atoms with Crippen molar-refractivity contribution >= 4 is 27.5 Å². The Bertz CT molecular complexity index is 482. The Morgan fingerprint density at radius 1 is 1.58 bits per heavy atom. The van der Waals surface area contributed by atoms with E-state index < -0.39 is 16.9 Å². The molecule has 104 valence electrons. The van der Waals surface area contributed by atoms with Gasteiger partial charge < -0.3 is 9.47 Å². The Hall–Kier alpha value is -1.71. The molecule has 0 fully saturated rings. The summed E-state index contributed by atoms with van der Waals surface area (Å²) < 4.78 is 10.6. The van der Waals surface area contributed by atoms with E-state index in [9.17, 15) is 14.9 Å². The summed E-state index contributed by atoms with van der Waals surface area (Å²) in [6, 6.07) is 4.03. The zero-order chi connectivity index (χ0) is 14.4. The van der Waals surface area contributed by atoms with Gasteiger partial charge in [-0.15, -0.1) is 0 Å². The molecule has 1 unspecified atom stereocenters. The van der Waals surface area contributed by atoms with Crippen molar-refractivity contribution in [3.05, 3.63) is 32.8 Å². The first-order chi connectivity index (χ1) is 8.97. The van der Waals surface area contributed by atoms with E-state index in [-0.39, 0.29) is 18.0 Å². The molecule has 1 rings (SSSR count). The lowest BCUT2D eigenvalue weighted by molar-refractivity contribution is -0.385. The number of carbonyl (C=O) groups is 1. The maximum absolute atomic E-state index is 11.4. The van der Waals surface area contributed by atoms with Gasteiger partial charge in [0.2, 0.25) is 6.10 Å². The fourth-order valence-electron chi connectivity index (χ4n) is 1.29. The van der Waals surface area contributed by atoms with Gasteiger partial charge in [0.25, 0.3) is 11.6 Å². The van der Waals surface area contributed by atoms with Crippen LogP contribution in [-0.4, -0.2) is 30.7 Å². The average Bonchev–Trinajstić information content (AvgIpc) is 2.36. The highest BCUT2D eigenvalue weighted by atomic mass is 79.9. The lowest BCUT2D eigenvalue weighted by Gasteiger charge is -2.16. The number of nitrogens with zero attached hydrogens (tertiary/aromatic N) is 1. The molecule has 8 nitrogen and oxygen atoms in total. The van der Waals surface area contributed by atoms with Crippen LogP contribution in [0, 0.1) is 10.1 Å². The summed E-state index contributed by atoms with van der Waals surface area (Å²) in [5, 5.41) is 10.7. The normalized spacial score (nSPS) is 11.7. The summed E-state index contributed by atoms with van der Waals surface area (Å²) in [5.74, 6) is 4.58. The van der Waals surface area contributed by atoms with Crippen LogP contribution in [0.25, 0.3) is 0 Å². The zero-order valence-corrected chi connectivity index (χ0v) is 11.5. The van der Waals surface area contributed by atoms with Crippen LogP contribution in [0.1, 0.15) is 0 Å². The zero-order valence-electron chi connectivity index (χ0n) is 9.96. The number of carbonyl (C=O) groups excluding carboxylic acids is 1. The van der Waals surface area contributed by atoms with E-state index in [1.807, 2.05) is 5.43 Å². The molecule has 0 saturated heterocycles. The Labute approximate surface area is 117 Å². The molecule has 0 bridgehead atoms. The first-order valence-corrected chi connectivity index (χ1v) is 5.88. The Balaban J connectivity index is 2.95. The smallest absolute Gasteiger partial charge is 0.277 e. The molecule has 3 N–H and O–H groups in total. The third-order valence-corrected chi connectivity index (χ3v) is 2.56. The standard InChI is InChI=1S/C10H12BrN3O5/c1-18-5-9(10(15)13-12)19-8-3-6(11)2-7(4-8)14(16)17/h2-4,9H,5,12H2,1H3,(H,13,15). The maximum atomic E-state index is 11.4. The van der Waals surface area contributed by atoms with Gasteiger partial charge in [0.05, 0.1) is 17.6 Å². The van der Waals surface area contributed by atoms with Crippen LogP contribution < -0.4 is 16.0 Å². The van der Waals surface area contributed by atoms with Crippen molar-refractivity contribution in [1.29, 1.82) is 0 Å². The van der Waals surface area contributed by atoms with E-state index in [1.165, 1.54) is 25.3 Å². The summed E-state index contributed by atoms with van der Waals surface area (Å²) in [6.45, 7) is -0.0383. The molecule has 0 radical (unpaired) electrons. The fraction of sp³-hybridized carbons (Fsp3) is 0.300. The molecule has 1 amide bonds. The van der Waals surface area contributed by atoms with Crippen LogP contribution >= 0.6 is 15.9 Å². The Morgan fingerprint density at radius 3 is 2.79 bits per heavy atom. The average molecular weight is 334 g/mol. The number of hydrazine groups is 1. The summed E-state index contributed by atoms with van der Waals surface area (Å²) in [6.07, 6.45) is -0.996. The molecule has 1 aromatic carbocycles. The molecule has 1 aromatic rings. The predicted octanol–water partition coefficient (Wildman–Crippen LogP) is 0.741. The molecule has 0 aliphatic rings. The van der Waals surface area contributed by atoms with Gasteiger partial charge in [-0.05, 0) is 6.07 Å². The SMILES string of the molecule is COCC(Oc1cc(Br)cc([N+](=O)[O-])c1)C(=O)NN. The molecule has 0 heterocycles. The maximum Gasteiger partial charge on any atom is 0.277 e. The van der Waals surface area contributed by atoms with Crippen LogP contribution in [0.5, 0.6) is 5.75 Å². The van der Waals surface area contributed by atoms with Gasteiger partial charge in [0.15, 0.2) is 0 Å². The second-order valence-corrected chi connectivity index (χ2v) is 4.39. The number of nitro benzene ring substituents is 1. The number of hydrogen-bond acceptors (Lipinski definition) is 6. The van der Waals surface area contributed by atoms with Gasteiger partial charge >= 0.3 is 0 Å². The van der Waals surface area contributed by atoms with Gasteiger partial charge in [-0.2, -0.15) is 0 Å². The number of nitrogens with two attached hydrogens (primary N) is 1. The molecule has 0 aliphatic heterocycles. The minimum Gasteiger partial charge on any atom is -0.478 e. The first kappa shape index (κ1) is 15.3. The monoisotopic (exact) mass is 333 g/mol. The van der Waals surface area contributed by atoms with E-state index in [0.717, 1.165) is 0 Å². The quantitative estimate of drug-likeness (QED) is 0.343.